The summed E-state index contributed by atoms with van der Waals surface area (Å²) >= 11 is 0. The Bertz CT molecular complexity index is 1100. The molecular weight excluding hydrogens is 865 g/mol. The van der Waals surface area contributed by atoms with Crippen LogP contribution in [0.15, 0.2) is 12.2 Å². The topological polar surface area (TPSA) is 93.1 Å². The first-order valence-electron chi connectivity index (χ1n) is 31.8. The SMILES string of the molecule is CCCCCCCCCCCCCCCCCCCCCCCCCCCCCCCCCCCCCCCCCCCCCCCCCCCCC/C=C/C1CC(=O)OCC(CO)(CO)COC1=O. The number of allylic oxidation sites excluding steroid dienone is 1. The highest BCUT2D eigenvalue weighted by Crippen LogP contribution is 2.24. The van der Waals surface area contributed by atoms with Gasteiger partial charge in [-0.15, -0.1) is 0 Å². The second-order valence-electron chi connectivity index (χ2n) is 22.8. The Balaban J connectivity index is 1.68. The van der Waals surface area contributed by atoms with Crippen molar-refractivity contribution in [3.05, 3.63) is 12.2 Å². The molecule has 1 atom stereocenters. The molecule has 0 aromatic heterocycles. The number of aliphatic hydroxyl groups is 2. The van der Waals surface area contributed by atoms with Gasteiger partial charge in [-0.3, -0.25) is 9.59 Å². The van der Waals surface area contributed by atoms with Gasteiger partial charge in [-0.25, -0.2) is 0 Å². The zero-order valence-electron chi connectivity index (χ0n) is 47.1. The van der Waals surface area contributed by atoms with Gasteiger partial charge in [0.05, 0.1) is 31.0 Å². The van der Waals surface area contributed by atoms with E-state index in [2.05, 4.69) is 6.92 Å². The van der Waals surface area contributed by atoms with Crippen molar-refractivity contribution in [2.45, 2.75) is 347 Å². The van der Waals surface area contributed by atoms with Gasteiger partial charge in [0.1, 0.15) is 13.2 Å². The average Bonchev–Trinajstić information content (AvgIpc) is 3.43. The molecule has 1 aliphatic heterocycles. The minimum Gasteiger partial charge on any atom is -0.465 e. The molecule has 0 spiro atoms. The maximum Gasteiger partial charge on any atom is 0.313 e. The monoisotopic (exact) mass is 987 g/mol. The molecule has 70 heavy (non-hydrogen) atoms. The second-order valence-corrected chi connectivity index (χ2v) is 22.8. The van der Waals surface area contributed by atoms with Gasteiger partial charge in [0, 0.05) is 0 Å². The highest BCUT2D eigenvalue weighted by Gasteiger charge is 2.36. The van der Waals surface area contributed by atoms with E-state index in [1.807, 2.05) is 6.08 Å². The number of rotatable bonds is 55. The zero-order chi connectivity index (χ0) is 50.4. The van der Waals surface area contributed by atoms with Crippen LogP contribution in [0.4, 0.5) is 0 Å². The van der Waals surface area contributed by atoms with E-state index in [9.17, 15) is 19.8 Å². The number of carbonyl (C=O) groups is 2. The molecule has 0 aromatic rings. The van der Waals surface area contributed by atoms with Gasteiger partial charge < -0.3 is 19.7 Å². The average molecular weight is 988 g/mol. The Morgan fingerprint density at radius 1 is 0.371 bits per heavy atom. The van der Waals surface area contributed by atoms with Crippen LogP contribution in [0.25, 0.3) is 0 Å². The first-order chi connectivity index (χ1) is 34.6. The Hall–Kier alpha value is -1.40. The number of unbranched alkanes of at least 4 members (excludes halogenated alkanes) is 51. The number of cyclic esters (lactones) is 2. The molecule has 2 N–H and O–H groups in total. The van der Waals surface area contributed by atoms with Crippen molar-refractivity contribution in [1.82, 2.24) is 0 Å². The fourth-order valence-electron chi connectivity index (χ4n) is 10.6. The van der Waals surface area contributed by atoms with Crippen LogP contribution in [0.3, 0.4) is 0 Å². The molecule has 0 amide bonds. The summed E-state index contributed by atoms with van der Waals surface area (Å²) in [5.74, 6) is -1.71. The van der Waals surface area contributed by atoms with Crippen molar-refractivity contribution in [2.75, 3.05) is 26.4 Å². The predicted molar refractivity (Wildman–Crippen MR) is 302 cm³/mol. The first kappa shape index (κ1) is 66.6. The van der Waals surface area contributed by atoms with Gasteiger partial charge >= 0.3 is 11.9 Å². The van der Waals surface area contributed by atoms with Crippen molar-refractivity contribution >= 4 is 11.9 Å². The number of ether oxygens (including phenoxy) is 2. The Kier molecular flexibility index (Phi) is 51.3. The van der Waals surface area contributed by atoms with Gasteiger partial charge in [-0.2, -0.15) is 0 Å². The summed E-state index contributed by atoms with van der Waals surface area (Å²) in [6, 6.07) is 0. The smallest absolute Gasteiger partial charge is 0.313 e. The molecule has 1 unspecified atom stereocenters. The van der Waals surface area contributed by atoms with E-state index in [0.717, 1.165) is 12.8 Å². The van der Waals surface area contributed by atoms with E-state index in [-0.39, 0.29) is 19.6 Å². The van der Waals surface area contributed by atoms with Crippen LogP contribution in [0, 0.1) is 11.3 Å². The maximum absolute atomic E-state index is 12.5. The van der Waals surface area contributed by atoms with Crippen LogP contribution in [0.1, 0.15) is 347 Å². The number of aliphatic hydroxyl groups excluding tert-OH is 2. The zero-order valence-corrected chi connectivity index (χ0v) is 47.1. The summed E-state index contributed by atoms with van der Waals surface area (Å²) in [7, 11) is 0. The summed E-state index contributed by atoms with van der Waals surface area (Å²) in [6.07, 6.45) is 77.8. The Morgan fingerprint density at radius 2 is 0.600 bits per heavy atom. The van der Waals surface area contributed by atoms with E-state index >= 15 is 0 Å². The molecule has 414 valence electrons. The van der Waals surface area contributed by atoms with E-state index < -0.39 is 36.5 Å². The minimum atomic E-state index is -1.15. The minimum absolute atomic E-state index is 0.0812. The van der Waals surface area contributed by atoms with Crippen LogP contribution in [-0.4, -0.2) is 48.6 Å². The molecular formula is C64H122O6. The summed E-state index contributed by atoms with van der Waals surface area (Å²) in [4.78, 5) is 24.7. The third kappa shape index (κ3) is 45.2. The third-order valence-electron chi connectivity index (χ3n) is 15.8. The fraction of sp³-hybridized carbons (Fsp3) is 0.938. The molecule has 1 heterocycles. The molecule has 1 saturated heterocycles. The van der Waals surface area contributed by atoms with E-state index in [1.165, 1.54) is 321 Å². The lowest BCUT2D eigenvalue weighted by molar-refractivity contribution is -0.153. The lowest BCUT2D eigenvalue weighted by Gasteiger charge is -2.27. The Morgan fingerprint density at radius 3 is 0.843 bits per heavy atom. The number of hydrogen-bond donors (Lipinski definition) is 2. The standard InChI is InChI=1S/C64H122O6/c1-2-3-4-5-6-7-8-9-10-11-12-13-14-15-16-17-18-19-20-21-22-23-24-25-26-27-28-29-30-31-32-33-34-35-36-37-38-39-40-41-42-43-44-45-46-47-48-49-50-51-52-53-54-55-61-56-62(67)69-59-64(57-65,58-66)60-70-63(61)68/h54-55,61,65-66H,2-53,56-60H2,1H3/b55-54+. The fourth-order valence-corrected chi connectivity index (χ4v) is 10.6. The van der Waals surface area contributed by atoms with Gasteiger partial charge in [-0.1, -0.05) is 340 Å². The van der Waals surface area contributed by atoms with Crippen molar-refractivity contribution in [2.24, 2.45) is 11.3 Å². The molecule has 6 nitrogen and oxygen atoms in total. The molecule has 0 aromatic carbocycles. The van der Waals surface area contributed by atoms with E-state index in [1.54, 1.807) is 6.08 Å². The molecule has 0 bridgehead atoms. The van der Waals surface area contributed by atoms with Crippen molar-refractivity contribution < 1.29 is 29.3 Å². The molecule has 6 heteroatoms. The molecule has 0 aliphatic carbocycles. The lowest BCUT2D eigenvalue weighted by atomic mass is 9.92. The van der Waals surface area contributed by atoms with Gasteiger partial charge in [0.25, 0.3) is 0 Å². The second kappa shape index (κ2) is 53.9. The molecule has 1 aliphatic rings. The molecule has 1 rings (SSSR count). The summed E-state index contributed by atoms with van der Waals surface area (Å²) in [6.45, 7) is 1.12. The van der Waals surface area contributed by atoms with Gasteiger partial charge in [-0.05, 0) is 12.8 Å². The number of hydrogen-bond acceptors (Lipinski definition) is 6. The number of esters is 2. The van der Waals surface area contributed by atoms with Crippen LogP contribution >= 0.6 is 0 Å². The van der Waals surface area contributed by atoms with Crippen LogP contribution in [-0.2, 0) is 19.1 Å². The third-order valence-corrected chi connectivity index (χ3v) is 15.8. The Labute approximate surface area is 436 Å². The summed E-state index contributed by atoms with van der Waals surface area (Å²) in [5, 5.41) is 19.2. The highest BCUT2D eigenvalue weighted by molar-refractivity contribution is 5.81. The highest BCUT2D eigenvalue weighted by atomic mass is 16.6. The normalized spacial score (nSPS) is 15.3. The molecule has 1 fully saturated rings. The van der Waals surface area contributed by atoms with Crippen LogP contribution in [0.2, 0.25) is 0 Å². The largest absolute Gasteiger partial charge is 0.465 e. The van der Waals surface area contributed by atoms with Crippen LogP contribution in [0.5, 0.6) is 0 Å². The quantitative estimate of drug-likeness (QED) is 0.0358. The van der Waals surface area contributed by atoms with Crippen LogP contribution < -0.4 is 0 Å². The summed E-state index contributed by atoms with van der Waals surface area (Å²) in [5.41, 5.74) is -1.15. The predicted octanol–water partition coefficient (Wildman–Crippen LogP) is 19.9. The number of carbonyl (C=O) groups excluding carboxylic acids is 2. The van der Waals surface area contributed by atoms with E-state index in [0.29, 0.717) is 0 Å². The van der Waals surface area contributed by atoms with E-state index in [4.69, 9.17) is 9.47 Å². The lowest BCUT2D eigenvalue weighted by Crippen LogP contribution is -2.40. The van der Waals surface area contributed by atoms with Crippen molar-refractivity contribution in [3.8, 4) is 0 Å². The summed E-state index contributed by atoms with van der Waals surface area (Å²) < 4.78 is 10.5. The molecule has 0 saturated carbocycles. The van der Waals surface area contributed by atoms with Gasteiger partial charge in [0.2, 0.25) is 0 Å². The maximum atomic E-state index is 12.5. The van der Waals surface area contributed by atoms with Crippen molar-refractivity contribution in [1.29, 1.82) is 0 Å². The molecule has 0 radical (unpaired) electrons. The van der Waals surface area contributed by atoms with Gasteiger partial charge in [0.15, 0.2) is 0 Å². The van der Waals surface area contributed by atoms with Crippen molar-refractivity contribution in [3.63, 3.8) is 0 Å². The first-order valence-corrected chi connectivity index (χ1v) is 31.8.